The predicted octanol–water partition coefficient (Wildman–Crippen LogP) is 15.2. The van der Waals surface area contributed by atoms with Crippen LogP contribution < -0.4 is 0 Å². The number of unbranched alkanes of at least 4 members (excludes halogenated alkanes) is 16. The summed E-state index contributed by atoms with van der Waals surface area (Å²) < 4.78 is 17.5. The number of hydrogen-bond acceptors (Lipinski definition) is 6. The van der Waals surface area contributed by atoms with E-state index in [1.165, 1.54) is 154 Å². The highest BCUT2D eigenvalue weighted by Crippen LogP contribution is 2.23. The van der Waals surface area contributed by atoms with Crippen LogP contribution in [0.2, 0.25) is 0 Å². The van der Waals surface area contributed by atoms with Crippen LogP contribution in [0.4, 0.5) is 0 Å². The molecule has 0 rings (SSSR count). The SMILES string of the molecule is CCCCC(CCCC)CCOC(=O)CCCCCCCCCC(CCCCCCCCCC(=O)OCCC(CCCC)CCCC)COCCCN(CC)CC. The smallest absolute Gasteiger partial charge is 0.305 e. The Balaban J connectivity index is 4.17. The zero-order chi connectivity index (χ0) is 41.9. The van der Waals surface area contributed by atoms with Gasteiger partial charge in [-0.15, -0.1) is 0 Å². The molecule has 0 aromatic carbocycles. The van der Waals surface area contributed by atoms with Crippen molar-refractivity contribution in [2.24, 2.45) is 17.8 Å². The van der Waals surface area contributed by atoms with Gasteiger partial charge in [0.05, 0.1) is 13.2 Å². The Hall–Kier alpha value is -1.14. The fourth-order valence-corrected chi connectivity index (χ4v) is 8.32. The molecule has 0 fully saturated rings. The molecule has 0 amide bonds. The number of hydrogen-bond donors (Lipinski definition) is 0. The van der Waals surface area contributed by atoms with Gasteiger partial charge in [-0.25, -0.2) is 0 Å². The molecule has 0 saturated carbocycles. The number of esters is 2. The minimum atomic E-state index is 0.00854. The molecule has 0 aromatic rings. The maximum absolute atomic E-state index is 12.3. The van der Waals surface area contributed by atoms with Crippen molar-refractivity contribution in [3.63, 3.8) is 0 Å². The minimum absolute atomic E-state index is 0.00854. The number of rotatable bonds is 46. The number of nitrogens with zero attached hydrogens (tertiary/aromatic N) is 1. The van der Waals surface area contributed by atoms with Crippen LogP contribution >= 0.6 is 0 Å². The van der Waals surface area contributed by atoms with E-state index in [4.69, 9.17) is 14.2 Å². The summed E-state index contributed by atoms with van der Waals surface area (Å²) in [7, 11) is 0. The van der Waals surface area contributed by atoms with Crippen LogP contribution in [0.25, 0.3) is 0 Å². The molecule has 0 N–H and O–H groups in total. The van der Waals surface area contributed by atoms with E-state index in [9.17, 15) is 9.59 Å². The number of carbonyl (C=O) groups is 2. The van der Waals surface area contributed by atoms with E-state index in [1.807, 2.05) is 0 Å². The molecule has 0 spiro atoms. The van der Waals surface area contributed by atoms with E-state index >= 15 is 0 Å². The number of carbonyl (C=O) groups excluding carboxylic acids is 2. The second-order valence-corrected chi connectivity index (χ2v) is 17.7. The van der Waals surface area contributed by atoms with Gasteiger partial charge in [-0.05, 0) is 75.8 Å². The first-order valence-corrected chi connectivity index (χ1v) is 25.5. The van der Waals surface area contributed by atoms with Crippen LogP contribution in [0.15, 0.2) is 0 Å². The van der Waals surface area contributed by atoms with Crippen LogP contribution in [-0.2, 0) is 23.8 Å². The lowest BCUT2D eigenvalue weighted by atomic mass is 9.93. The summed E-state index contributed by atoms with van der Waals surface area (Å²) in [6, 6.07) is 0. The molecule has 0 atom stereocenters. The van der Waals surface area contributed by atoms with Crippen LogP contribution in [0.1, 0.15) is 253 Å². The van der Waals surface area contributed by atoms with Crippen molar-refractivity contribution in [2.75, 3.05) is 46.1 Å². The molecule has 0 saturated heterocycles. The Labute approximate surface area is 356 Å². The summed E-state index contributed by atoms with van der Waals surface area (Å²) in [5.41, 5.74) is 0. The molecular formula is C51H101NO5. The number of ether oxygens (including phenoxy) is 3. The van der Waals surface area contributed by atoms with Crippen LogP contribution in [0.5, 0.6) is 0 Å². The van der Waals surface area contributed by atoms with E-state index < -0.39 is 0 Å². The molecule has 0 aliphatic rings. The van der Waals surface area contributed by atoms with Gasteiger partial charge in [-0.3, -0.25) is 9.59 Å². The summed E-state index contributed by atoms with van der Waals surface area (Å²) in [6.07, 6.45) is 39.3. The molecule has 6 nitrogen and oxygen atoms in total. The van der Waals surface area contributed by atoms with Gasteiger partial charge >= 0.3 is 11.9 Å². The van der Waals surface area contributed by atoms with Gasteiger partial charge in [0.25, 0.3) is 0 Å². The summed E-state index contributed by atoms with van der Waals surface area (Å²) >= 11 is 0. The molecule has 6 heteroatoms. The largest absolute Gasteiger partial charge is 0.466 e. The second kappa shape index (κ2) is 44.4. The molecule has 0 aliphatic carbocycles. The monoisotopic (exact) mass is 808 g/mol. The summed E-state index contributed by atoms with van der Waals surface area (Å²) in [5.74, 6) is 2.14. The van der Waals surface area contributed by atoms with Crippen molar-refractivity contribution in [1.29, 1.82) is 0 Å². The highest BCUT2D eigenvalue weighted by atomic mass is 16.5. The van der Waals surface area contributed by atoms with E-state index in [0.717, 1.165) is 89.6 Å². The van der Waals surface area contributed by atoms with Gasteiger partial charge in [-0.2, -0.15) is 0 Å². The van der Waals surface area contributed by atoms with E-state index in [-0.39, 0.29) is 11.9 Å². The molecule has 0 radical (unpaired) electrons. The Morgan fingerprint density at radius 2 is 0.737 bits per heavy atom. The Morgan fingerprint density at radius 1 is 0.386 bits per heavy atom. The molecule has 0 heterocycles. The zero-order valence-electron chi connectivity index (χ0n) is 39.5. The van der Waals surface area contributed by atoms with Gasteiger partial charge in [0.2, 0.25) is 0 Å². The van der Waals surface area contributed by atoms with Gasteiger partial charge in [0.15, 0.2) is 0 Å². The third-order valence-corrected chi connectivity index (χ3v) is 12.4. The molecule has 0 aliphatic heterocycles. The van der Waals surface area contributed by atoms with E-state index in [2.05, 4.69) is 46.4 Å². The molecule has 57 heavy (non-hydrogen) atoms. The average molecular weight is 808 g/mol. The van der Waals surface area contributed by atoms with Crippen LogP contribution in [0, 0.1) is 17.8 Å². The Bertz CT molecular complexity index is 760. The third kappa shape index (κ3) is 38.8. The highest BCUT2D eigenvalue weighted by Gasteiger charge is 2.13. The maximum atomic E-state index is 12.3. The highest BCUT2D eigenvalue weighted by molar-refractivity contribution is 5.69. The molecule has 0 unspecified atom stereocenters. The second-order valence-electron chi connectivity index (χ2n) is 17.7. The standard InChI is InChI=1S/C51H101NO5/c1-7-13-32-47(33-14-8-2)40-44-56-50(53)38-29-25-21-17-19-23-27-36-49(46-55-43-31-42-52(11-5)12-6)37-28-24-20-18-22-26-30-39-51(54)57-45-41-48(34-15-9-3)35-16-10-4/h47-49H,7-46H2,1-6H3. The van der Waals surface area contributed by atoms with Crippen LogP contribution in [-0.4, -0.2) is 62.9 Å². The average Bonchev–Trinajstić information content (AvgIpc) is 3.21. The van der Waals surface area contributed by atoms with Gasteiger partial charge in [0.1, 0.15) is 0 Å². The molecule has 0 bridgehead atoms. The van der Waals surface area contributed by atoms with Crippen molar-refractivity contribution < 1.29 is 23.8 Å². The Kier molecular flexibility index (Phi) is 43.5. The van der Waals surface area contributed by atoms with Gasteiger partial charge < -0.3 is 19.1 Å². The third-order valence-electron chi connectivity index (χ3n) is 12.4. The lowest BCUT2D eigenvalue weighted by molar-refractivity contribution is -0.145. The van der Waals surface area contributed by atoms with Crippen molar-refractivity contribution in [2.45, 2.75) is 253 Å². The van der Waals surface area contributed by atoms with Gasteiger partial charge in [-0.1, -0.05) is 196 Å². The lowest BCUT2D eigenvalue weighted by Crippen LogP contribution is -2.25. The quantitative estimate of drug-likeness (QED) is 0.0451. The lowest BCUT2D eigenvalue weighted by Gasteiger charge is -2.19. The van der Waals surface area contributed by atoms with Gasteiger partial charge in [0, 0.05) is 32.6 Å². The summed E-state index contributed by atoms with van der Waals surface area (Å²) in [4.78, 5) is 27.0. The molecule has 340 valence electrons. The van der Waals surface area contributed by atoms with E-state index in [1.54, 1.807) is 0 Å². The first-order chi connectivity index (χ1) is 27.9. The van der Waals surface area contributed by atoms with Crippen molar-refractivity contribution in [3.8, 4) is 0 Å². The minimum Gasteiger partial charge on any atom is -0.466 e. The first kappa shape index (κ1) is 55.9. The van der Waals surface area contributed by atoms with Crippen LogP contribution in [0.3, 0.4) is 0 Å². The normalized spacial score (nSPS) is 11.8. The van der Waals surface area contributed by atoms with Crippen molar-refractivity contribution in [1.82, 2.24) is 4.90 Å². The first-order valence-electron chi connectivity index (χ1n) is 25.5. The van der Waals surface area contributed by atoms with Crippen molar-refractivity contribution in [3.05, 3.63) is 0 Å². The predicted molar refractivity (Wildman–Crippen MR) is 246 cm³/mol. The fourth-order valence-electron chi connectivity index (χ4n) is 8.32. The summed E-state index contributed by atoms with van der Waals surface area (Å²) in [5, 5.41) is 0. The fraction of sp³-hybridized carbons (Fsp3) is 0.961. The Morgan fingerprint density at radius 3 is 1.11 bits per heavy atom. The maximum Gasteiger partial charge on any atom is 0.305 e. The zero-order valence-corrected chi connectivity index (χ0v) is 39.5. The molecular weight excluding hydrogens is 707 g/mol. The van der Waals surface area contributed by atoms with E-state index in [0.29, 0.717) is 32.0 Å². The summed E-state index contributed by atoms with van der Waals surface area (Å²) in [6.45, 7) is 19.9. The van der Waals surface area contributed by atoms with Crippen molar-refractivity contribution >= 4 is 11.9 Å². The molecule has 0 aromatic heterocycles. The topological polar surface area (TPSA) is 65.1 Å².